The van der Waals surface area contributed by atoms with E-state index >= 15 is 0 Å². The summed E-state index contributed by atoms with van der Waals surface area (Å²) in [5.41, 5.74) is 2.07. The van der Waals surface area contributed by atoms with E-state index in [1.165, 1.54) is 0 Å². The molecule has 22 heavy (non-hydrogen) atoms. The fourth-order valence-corrected chi connectivity index (χ4v) is 2.61. The average Bonchev–Trinajstić information content (AvgIpc) is 2.56. The molecular formula is C18H21NO2S. The Morgan fingerprint density at radius 1 is 1.09 bits per heavy atom. The van der Waals surface area contributed by atoms with Crippen LogP contribution in [0.15, 0.2) is 60.7 Å². The fraction of sp³-hybridized carbons (Fsp3) is 0.278. The molecule has 2 atom stereocenters. The highest BCUT2D eigenvalue weighted by Gasteiger charge is 2.17. The van der Waals surface area contributed by atoms with Crippen LogP contribution in [0.4, 0.5) is 0 Å². The maximum atomic E-state index is 10.1. The van der Waals surface area contributed by atoms with E-state index in [1.54, 1.807) is 7.11 Å². The number of nitrogens with one attached hydrogen (secondary N) is 1. The Bertz CT molecular complexity index is 574. The predicted octanol–water partition coefficient (Wildman–Crippen LogP) is 3.09. The van der Waals surface area contributed by atoms with Gasteiger partial charge in [0.15, 0.2) is 0 Å². The van der Waals surface area contributed by atoms with Crippen LogP contribution in [0.5, 0.6) is 0 Å². The Labute approximate surface area is 136 Å². The lowest BCUT2D eigenvalue weighted by Crippen LogP contribution is -2.31. The molecule has 2 rings (SSSR count). The molecule has 0 heterocycles. The molecule has 0 amide bonds. The van der Waals surface area contributed by atoms with E-state index in [2.05, 4.69) is 5.32 Å². The zero-order valence-corrected chi connectivity index (χ0v) is 13.4. The van der Waals surface area contributed by atoms with Crippen molar-refractivity contribution in [3.63, 3.8) is 0 Å². The Morgan fingerprint density at radius 3 is 2.27 bits per heavy atom. The van der Waals surface area contributed by atoms with Crippen molar-refractivity contribution in [1.82, 2.24) is 5.32 Å². The molecular weight excluding hydrogens is 294 g/mol. The van der Waals surface area contributed by atoms with E-state index in [9.17, 15) is 5.11 Å². The molecule has 2 aromatic rings. The lowest BCUT2D eigenvalue weighted by Gasteiger charge is -2.23. The number of aliphatic hydroxyl groups is 1. The third-order valence-electron chi connectivity index (χ3n) is 3.41. The Balaban J connectivity index is 2.12. The van der Waals surface area contributed by atoms with Gasteiger partial charge in [0.2, 0.25) is 0 Å². The largest absolute Gasteiger partial charge is 0.391 e. The van der Waals surface area contributed by atoms with E-state index in [0.717, 1.165) is 11.1 Å². The zero-order chi connectivity index (χ0) is 15.8. The van der Waals surface area contributed by atoms with Crippen LogP contribution in [0.2, 0.25) is 0 Å². The summed E-state index contributed by atoms with van der Waals surface area (Å²) >= 11 is 5.49. The van der Waals surface area contributed by atoms with Crippen molar-refractivity contribution in [2.45, 2.75) is 18.6 Å². The summed E-state index contributed by atoms with van der Waals surface area (Å²) in [6, 6.07) is 19.8. The number of ether oxygens (including phenoxy) is 1. The van der Waals surface area contributed by atoms with E-state index in [1.807, 2.05) is 60.7 Å². The summed E-state index contributed by atoms with van der Waals surface area (Å²) in [7, 11) is 1.59. The molecule has 0 bridgehead atoms. The summed E-state index contributed by atoms with van der Waals surface area (Å²) in [4.78, 5) is 0.680. The van der Waals surface area contributed by atoms with Gasteiger partial charge in [-0.25, -0.2) is 0 Å². The molecule has 2 aromatic carbocycles. The topological polar surface area (TPSA) is 41.5 Å². The molecule has 0 fully saturated rings. The predicted molar refractivity (Wildman–Crippen MR) is 93.0 cm³/mol. The number of methoxy groups -OCH3 is 1. The standard InChI is InChI=1S/C18H21NO2S/c1-21-13-16(20)12-17(14-8-4-2-5-9-14)19-18(22)15-10-6-3-7-11-15/h2-11,16-17,20H,12-13H2,1H3,(H,19,22)/t16-,17-/m1/s1. The molecule has 0 radical (unpaired) electrons. The molecule has 0 aromatic heterocycles. The van der Waals surface area contributed by atoms with Crippen molar-refractivity contribution in [3.05, 3.63) is 71.8 Å². The summed E-state index contributed by atoms with van der Waals surface area (Å²) < 4.78 is 5.02. The number of aliphatic hydroxyl groups excluding tert-OH is 1. The van der Waals surface area contributed by atoms with Gasteiger partial charge in [-0.2, -0.15) is 0 Å². The lowest BCUT2D eigenvalue weighted by atomic mass is 10.0. The molecule has 0 spiro atoms. The van der Waals surface area contributed by atoms with Crippen molar-refractivity contribution in [3.8, 4) is 0 Å². The molecule has 116 valence electrons. The highest BCUT2D eigenvalue weighted by molar-refractivity contribution is 7.80. The lowest BCUT2D eigenvalue weighted by molar-refractivity contribution is 0.0536. The molecule has 0 aliphatic carbocycles. The molecule has 3 nitrogen and oxygen atoms in total. The monoisotopic (exact) mass is 315 g/mol. The maximum Gasteiger partial charge on any atom is 0.107 e. The van der Waals surface area contributed by atoms with Crippen LogP contribution in [-0.4, -0.2) is 29.9 Å². The van der Waals surface area contributed by atoms with Gasteiger partial charge in [-0.15, -0.1) is 0 Å². The van der Waals surface area contributed by atoms with Crippen molar-refractivity contribution in [1.29, 1.82) is 0 Å². The van der Waals surface area contributed by atoms with Crippen LogP contribution in [-0.2, 0) is 4.74 Å². The molecule has 0 aliphatic rings. The molecule has 0 aliphatic heterocycles. The smallest absolute Gasteiger partial charge is 0.107 e. The first-order valence-electron chi connectivity index (χ1n) is 7.28. The van der Waals surface area contributed by atoms with Gasteiger partial charge < -0.3 is 15.2 Å². The third kappa shape index (κ3) is 4.91. The van der Waals surface area contributed by atoms with Crippen LogP contribution in [0, 0.1) is 0 Å². The molecule has 2 N–H and O–H groups in total. The van der Waals surface area contributed by atoms with Crippen molar-refractivity contribution in [2.75, 3.05) is 13.7 Å². The quantitative estimate of drug-likeness (QED) is 0.771. The minimum Gasteiger partial charge on any atom is -0.391 e. The molecule has 4 heteroatoms. The number of hydrogen-bond donors (Lipinski definition) is 2. The first-order chi connectivity index (χ1) is 10.7. The van der Waals surface area contributed by atoms with E-state index in [0.29, 0.717) is 18.0 Å². The summed E-state index contributed by atoms with van der Waals surface area (Å²) in [5, 5.41) is 13.4. The third-order valence-corrected chi connectivity index (χ3v) is 3.76. The van der Waals surface area contributed by atoms with Crippen molar-refractivity contribution < 1.29 is 9.84 Å². The second-order valence-electron chi connectivity index (χ2n) is 5.15. The Morgan fingerprint density at radius 2 is 1.68 bits per heavy atom. The highest BCUT2D eigenvalue weighted by atomic mass is 32.1. The molecule has 0 unspecified atom stereocenters. The first kappa shape index (κ1) is 16.6. The van der Waals surface area contributed by atoms with Crippen LogP contribution in [0.25, 0.3) is 0 Å². The highest BCUT2D eigenvalue weighted by Crippen LogP contribution is 2.19. The minimum atomic E-state index is -0.540. The number of hydrogen-bond acceptors (Lipinski definition) is 3. The zero-order valence-electron chi connectivity index (χ0n) is 12.6. The van der Waals surface area contributed by atoms with E-state index < -0.39 is 6.10 Å². The minimum absolute atomic E-state index is 0.0564. The van der Waals surface area contributed by atoms with Gasteiger partial charge in [-0.3, -0.25) is 0 Å². The van der Waals surface area contributed by atoms with Crippen LogP contribution < -0.4 is 5.32 Å². The number of thiocarbonyl (C=S) groups is 1. The summed E-state index contributed by atoms with van der Waals surface area (Å²) in [6.45, 7) is 0.309. The van der Waals surface area contributed by atoms with Gasteiger partial charge in [0.05, 0.1) is 18.8 Å². The second kappa shape index (κ2) is 8.63. The fourth-order valence-electron chi connectivity index (χ4n) is 2.33. The number of benzene rings is 2. The molecule has 0 saturated carbocycles. The van der Waals surface area contributed by atoms with Gasteiger partial charge in [-0.05, 0) is 12.0 Å². The second-order valence-corrected chi connectivity index (χ2v) is 5.56. The van der Waals surface area contributed by atoms with Crippen molar-refractivity contribution in [2.24, 2.45) is 0 Å². The SMILES string of the molecule is COC[C@H](O)C[C@@H](NC(=S)c1ccccc1)c1ccccc1. The first-order valence-corrected chi connectivity index (χ1v) is 7.69. The van der Waals surface area contributed by atoms with Gasteiger partial charge in [0.1, 0.15) is 4.99 Å². The number of rotatable bonds is 7. The van der Waals surface area contributed by atoms with Gasteiger partial charge in [-0.1, -0.05) is 72.9 Å². The van der Waals surface area contributed by atoms with E-state index in [4.69, 9.17) is 17.0 Å². The summed E-state index contributed by atoms with van der Waals surface area (Å²) in [6.07, 6.45) is -0.00792. The van der Waals surface area contributed by atoms with Crippen LogP contribution in [0.3, 0.4) is 0 Å². The van der Waals surface area contributed by atoms with Gasteiger partial charge >= 0.3 is 0 Å². The van der Waals surface area contributed by atoms with E-state index in [-0.39, 0.29) is 6.04 Å². The van der Waals surface area contributed by atoms with Crippen LogP contribution in [0.1, 0.15) is 23.6 Å². The van der Waals surface area contributed by atoms with Gasteiger partial charge in [0, 0.05) is 12.7 Å². The molecule has 0 saturated heterocycles. The summed E-state index contributed by atoms with van der Waals surface area (Å²) in [5.74, 6) is 0. The van der Waals surface area contributed by atoms with Gasteiger partial charge in [0.25, 0.3) is 0 Å². The maximum absolute atomic E-state index is 10.1. The Kier molecular flexibility index (Phi) is 6.52. The average molecular weight is 315 g/mol. The Hall–Kier alpha value is -1.75. The normalized spacial score (nSPS) is 13.4. The van der Waals surface area contributed by atoms with Crippen molar-refractivity contribution >= 4 is 17.2 Å². The van der Waals surface area contributed by atoms with Crippen LogP contribution >= 0.6 is 12.2 Å².